The molecule has 0 unspecified atom stereocenters. The highest BCUT2D eigenvalue weighted by atomic mass is 16.5. The number of rotatable bonds is 6. The lowest BCUT2D eigenvalue weighted by Gasteiger charge is -2.20. The second kappa shape index (κ2) is 6.86. The fourth-order valence-electron chi connectivity index (χ4n) is 0.854. The molecule has 0 N–H and O–H groups in total. The van der Waals surface area contributed by atoms with Crippen molar-refractivity contribution in [3.05, 3.63) is 0 Å². The minimum atomic E-state index is 0.154. The summed E-state index contributed by atoms with van der Waals surface area (Å²) in [6.07, 6.45) is 0. The van der Waals surface area contributed by atoms with E-state index in [0.717, 1.165) is 13.1 Å². The van der Waals surface area contributed by atoms with Gasteiger partial charge in [0.25, 0.3) is 0 Å². The molecular formula is C9H20N2O2. The second-order valence-corrected chi connectivity index (χ2v) is 3.14. The molecule has 0 aromatic heterocycles. The highest BCUT2D eigenvalue weighted by Gasteiger charge is 2.09. The van der Waals surface area contributed by atoms with Gasteiger partial charge in [0.1, 0.15) is 0 Å². The maximum absolute atomic E-state index is 11.4. The maximum atomic E-state index is 11.4. The molecule has 0 aliphatic carbocycles. The lowest BCUT2D eigenvalue weighted by atomic mass is 10.4. The maximum Gasteiger partial charge on any atom is 0.236 e. The molecule has 4 heteroatoms. The summed E-state index contributed by atoms with van der Waals surface area (Å²) in [5.41, 5.74) is 0. The van der Waals surface area contributed by atoms with E-state index in [1.807, 2.05) is 25.9 Å². The Morgan fingerprint density at radius 1 is 1.38 bits per heavy atom. The quantitative estimate of drug-likeness (QED) is 0.590. The van der Waals surface area contributed by atoms with Crippen LogP contribution in [-0.2, 0) is 9.53 Å². The molecule has 78 valence electrons. The zero-order chi connectivity index (χ0) is 10.3. The monoisotopic (exact) mass is 188 g/mol. The van der Waals surface area contributed by atoms with E-state index in [1.54, 1.807) is 12.0 Å². The Bertz CT molecular complexity index is 151. The van der Waals surface area contributed by atoms with E-state index < -0.39 is 0 Å². The molecule has 0 rings (SSSR count). The average Bonchev–Trinajstić information content (AvgIpc) is 2.13. The molecule has 13 heavy (non-hydrogen) atoms. The molecule has 0 aliphatic heterocycles. The van der Waals surface area contributed by atoms with Crippen molar-refractivity contribution in [1.82, 2.24) is 9.80 Å². The molecule has 0 saturated heterocycles. The summed E-state index contributed by atoms with van der Waals surface area (Å²) >= 11 is 0. The van der Waals surface area contributed by atoms with Crippen molar-refractivity contribution >= 4 is 5.91 Å². The van der Waals surface area contributed by atoms with Gasteiger partial charge in [0.2, 0.25) is 5.91 Å². The van der Waals surface area contributed by atoms with Gasteiger partial charge >= 0.3 is 0 Å². The number of nitrogens with zero attached hydrogens (tertiary/aromatic N) is 2. The zero-order valence-corrected chi connectivity index (χ0v) is 9.04. The smallest absolute Gasteiger partial charge is 0.236 e. The third-order valence-electron chi connectivity index (χ3n) is 1.98. The fourth-order valence-corrected chi connectivity index (χ4v) is 0.854. The van der Waals surface area contributed by atoms with Crippen LogP contribution in [0.2, 0.25) is 0 Å². The van der Waals surface area contributed by atoms with Gasteiger partial charge < -0.3 is 9.64 Å². The summed E-state index contributed by atoms with van der Waals surface area (Å²) in [6, 6.07) is 0. The van der Waals surface area contributed by atoms with Gasteiger partial charge in [-0.25, -0.2) is 0 Å². The van der Waals surface area contributed by atoms with Crippen molar-refractivity contribution in [2.45, 2.75) is 6.92 Å². The van der Waals surface area contributed by atoms with Gasteiger partial charge in [0, 0.05) is 27.2 Å². The first-order valence-corrected chi connectivity index (χ1v) is 4.53. The lowest BCUT2D eigenvalue weighted by Crippen LogP contribution is -2.37. The van der Waals surface area contributed by atoms with E-state index in [9.17, 15) is 4.79 Å². The molecule has 0 fully saturated rings. The fraction of sp³-hybridized carbons (Fsp3) is 0.889. The highest BCUT2D eigenvalue weighted by molar-refractivity contribution is 5.77. The van der Waals surface area contributed by atoms with Gasteiger partial charge in [-0.3, -0.25) is 9.69 Å². The number of likely N-dealkylation sites (N-methyl/N-ethyl adjacent to an activating group) is 2. The molecule has 0 heterocycles. The van der Waals surface area contributed by atoms with Gasteiger partial charge in [-0.1, -0.05) is 0 Å². The summed E-state index contributed by atoms with van der Waals surface area (Å²) in [5.74, 6) is 0.154. The standard InChI is InChI=1S/C9H20N2O2/c1-5-11(3)9(12)8-10(2)6-7-13-4/h5-8H2,1-4H3. The Kier molecular flexibility index (Phi) is 6.54. The predicted molar refractivity (Wildman–Crippen MR) is 52.7 cm³/mol. The Hall–Kier alpha value is -0.610. The molecular weight excluding hydrogens is 168 g/mol. The van der Waals surface area contributed by atoms with Gasteiger partial charge in [-0.2, -0.15) is 0 Å². The highest BCUT2D eigenvalue weighted by Crippen LogP contribution is 1.88. The van der Waals surface area contributed by atoms with Crippen LogP contribution < -0.4 is 0 Å². The van der Waals surface area contributed by atoms with Crippen LogP contribution in [-0.4, -0.2) is 63.2 Å². The van der Waals surface area contributed by atoms with Crippen LogP contribution in [0.4, 0.5) is 0 Å². The van der Waals surface area contributed by atoms with Crippen LogP contribution >= 0.6 is 0 Å². The number of amides is 1. The zero-order valence-electron chi connectivity index (χ0n) is 9.04. The van der Waals surface area contributed by atoms with E-state index >= 15 is 0 Å². The van der Waals surface area contributed by atoms with Crippen molar-refractivity contribution in [3.8, 4) is 0 Å². The predicted octanol–water partition coefficient (Wildman–Crippen LogP) is 0.0429. The molecule has 1 amide bonds. The van der Waals surface area contributed by atoms with E-state index in [2.05, 4.69) is 0 Å². The second-order valence-electron chi connectivity index (χ2n) is 3.14. The Morgan fingerprint density at radius 2 is 2.00 bits per heavy atom. The Balaban J connectivity index is 3.64. The van der Waals surface area contributed by atoms with Crippen LogP contribution in [0.25, 0.3) is 0 Å². The summed E-state index contributed by atoms with van der Waals surface area (Å²) in [4.78, 5) is 15.1. The summed E-state index contributed by atoms with van der Waals surface area (Å²) < 4.78 is 4.91. The number of ether oxygens (including phenoxy) is 1. The van der Waals surface area contributed by atoms with Crippen LogP contribution in [0.3, 0.4) is 0 Å². The van der Waals surface area contributed by atoms with Crippen LogP contribution in [0.1, 0.15) is 6.92 Å². The van der Waals surface area contributed by atoms with Gasteiger partial charge in [0.05, 0.1) is 13.2 Å². The molecule has 0 atom stereocenters. The first-order valence-electron chi connectivity index (χ1n) is 4.53. The first-order chi connectivity index (χ1) is 6.11. The van der Waals surface area contributed by atoms with Crippen molar-refractivity contribution < 1.29 is 9.53 Å². The molecule has 4 nitrogen and oxygen atoms in total. The number of methoxy groups -OCH3 is 1. The molecule has 0 bridgehead atoms. The average molecular weight is 188 g/mol. The van der Waals surface area contributed by atoms with E-state index in [1.165, 1.54) is 0 Å². The Morgan fingerprint density at radius 3 is 2.46 bits per heavy atom. The van der Waals surface area contributed by atoms with Crippen molar-refractivity contribution in [3.63, 3.8) is 0 Å². The third-order valence-corrected chi connectivity index (χ3v) is 1.98. The first kappa shape index (κ1) is 12.4. The molecule has 0 radical (unpaired) electrons. The van der Waals surface area contributed by atoms with Crippen molar-refractivity contribution in [2.24, 2.45) is 0 Å². The molecule has 0 saturated carbocycles. The molecule has 0 aliphatic rings. The van der Waals surface area contributed by atoms with Gasteiger partial charge in [-0.05, 0) is 14.0 Å². The minimum Gasteiger partial charge on any atom is -0.383 e. The Labute approximate surface area is 80.5 Å². The topological polar surface area (TPSA) is 32.8 Å². The lowest BCUT2D eigenvalue weighted by molar-refractivity contribution is -0.130. The minimum absolute atomic E-state index is 0.154. The van der Waals surface area contributed by atoms with Crippen LogP contribution in [0.5, 0.6) is 0 Å². The van der Waals surface area contributed by atoms with Crippen LogP contribution in [0.15, 0.2) is 0 Å². The van der Waals surface area contributed by atoms with Gasteiger partial charge in [0.15, 0.2) is 0 Å². The summed E-state index contributed by atoms with van der Waals surface area (Å²) in [7, 11) is 5.39. The summed E-state index contributed by atoms with van der Waals surface area (Å²) in [6.45, 7) is 4.65. The van der Waals surface area contributed by atoms with E-state index in [0.29, 0.717) is 13.2 Å². The third kappa shape index (κ3) is 5.60. The molecule has 0 aromatic carbocycles. The SMILES string of the molecule is CCN(C)C(=O)CN(C)CCOC. The number of hydrogen-bond donors (Lipinski definition) is 0. The number of carbonyl (C=O) groups excluding carboxylic acids is 1. The molecule has 0 spiro atoms. The van der Waals surface area contributed by atoms with E-state index in [4.69, 9.17) is 4.74 Å². The van der Waals surface area contributed by atoms with Crippen molar-refractivity contribution in [1.29, 1.82) is 0 Å². The van der Waals surface area contributed by atoms with Gasteiger partial charge in [-0.15, -0.1) is 0 Å². The summed E-state index contributed by atoms with van der Waals surface area (Å²) in [5, 5.41) is 0. The van der Waals surface area contributed by atoms with Crippen molar-refractivity contribution in [2.75, 3.05) is 47.4 Å². The largest absolute Gasteiger partial charge is 0.383 e. The van der Waals surface area contributed by atoms with E-state index in [-0.39, 0.29) is 5.91 Å². The molecule has 0 aromatic rings. The number of carbonyl (C=O) groups is 1. The number of hydrogen-bond acceptors (Lipinski definition) is 3. The normalized spacial score (nSPS) is 10.5. The van der Waals surface area contributed by atoms with Crippen LogP contribution in [0, 0.1) is 0 Å².